The van der Waals surface area contributed by atoms with Crippen molar-refractivity contribution < 1.29 is 19.1 Å². The van der Waals surface area contributed by atoms with Gasteiger partial charge in [-0.1, -0.05) is 90.9 Å². The summed E-state index contributed by atoms with van der Waals surface area (Å²) in [7, 11) is 0. The van der Waals surface area contributed by atoms with Crippen LogP contribution in [0.2, 0.25) is 0 Å². The molecular weight excluding hydrogens is 340 g/mol. The fourth-order valence-electron chi connectivity index (χ4n) is 3.54. The summed E-state index contributed by atoms with van der Waals surface area (Å²) >= 11 is 0. The lowest BCUT2D eigenvalue weighted by Crippen LogP contribution is -2.10. The molecule has 0 aromatic carbocycles. The summed E-state index contributed by atoms with van der Waals surface area (Å²) in [4.78, 5) is 23.6. The smallest absolute Gasteiger partial charge is 0.375 e. The molecule has 0 saturated carbocycles. The topological polar surface area (TPSA) is 52.6 Å². The molecule has 1 heterocycles. The Balaban J connectivity index is 1.96. The Morgan fingerprint density at radius 1 is 0.852 bits per heavy atom. The van der Waals surface area contributed by atoms with Crippen molar-refractivity contribution in [1.29, 1.82) is 0 Å². The number of carbonyl (C=O) groups is 2. The molecule has 156 valence electrons. The molecule has 0 aliphatic carbocycles. The minimum atomic E-state index is -0.502. The Hall–Kier alpha value is -1.32. The van der Waals surface area contributed by atoms with Crippen molar-refractivity contribution in [3.63, 3.8) is 0 Å². The van der Waals surface area contributed by atoms with Gasteiger partial charge in [0.2, 0.25) is 5.76 Å². The van der Waals surface area contributed by atoms with Crippen molar-refractivity contribution in [3.05, 3.63) is 11.3 Å². The van der Waals surface area contributed by atoms with E-state index in [1.165, 1.54) is 70.6 Å². The monoisotopic (exact) mass is 380 g/mol. The van der Waals surface area contributed by atoms with Gasteiger partial charge in [0, 0.05) is 12.0 Å². The summed E-state index contributed by atoms with van der Waals surface area (Å²) in [5.74, 6) is -0.708. The third kappa shape index (κ3) is 9.97. The third-order valence-corrected chi connectivity index (χ3v) is 5.35. The summed E-state index contributed by atoms with van der Waals surface area (Å²) in [6.45, 7) is 6.00. The molecule has 0 aromatic rings. The van der Waals surface area contributed by atoms with Crippen LogP contribution in [0.25, 0.3) is 0 Å². The number of hydrogen-bond donors (Lipinski definition) is 0. The van der Waals surface area contributed by atoms with E-state index < -0.39 is 5.97 Å². The molecule has 0 spiro atoms. The largest absolute Gasteiger partial charge is 0.452 e. The van der Waals surface area contributed by atoms with Gasteiger partial charge in [0.1, 0.15) is 6.10 Å². The van der Waals surface area contributed by atoms with Gasteiger partial charge in [0.25, 0.3) is 0 Å². The summed E-state index contributed by atoms with van der Waals surface area (Å²) in [5, 5.41) is 0. The van der Waals surface area contributed by atoms with E-state index in [2.05, 4.69) is 6.92 Å². The Bertz CT molecular complexity index is 467. The summed E-state index contributed by atoms with van der Waals surface area (Å²) in [6, 6.07) is 0. The van der Waals surface area contributed by atoms with E-state index in [4.69, 9.17) is 9.47 Å². The van der Waals surface area contributed by atoms with E-state index in [1.807, 2.05) is 6.92 Å². The Kier molecular flexibility index (Phi) is 12.9. The lowest BCUT2D eigenvalue weighted by atomic mass is 10.0. The average molecular weight is 381 g/mol. The average Bonchev–Trinajstić information content (AvgIpc) is 2.93. The molecule has 27 heavy (non-hydrogen) atoms. The van der Waals surface area contributed by atoms with Crippen LogP contribution in [-0.2, 0) is 19.1 Å². The molecular formula is C23H40O4. The van der Waals surface area contributed by atoms with Gasteiger partial charge < -0.3 is 9.47 Å². The van der Waals surface area contributed by atoms with Crippen LogP contribution in [0, 0.1) is 0 Å². The van der Waals surface area contributed by atoms with Crippen molar-refractivity contribution in [2.24, 2.45) is 0 Å². The molecule has 1 aliphatic rings. The molecule has 0 bridgehead atoms. The van der Waals surface area contributed by atoms with Gasteiger partial charge >= 0.3 is 11.9 Å². The van der Waals surface area contributed by atoms with E-state index in [0.717, 1.165) is 18.4 Å². The van der Waals surface area contributed by atoms with Gasteiger partial charge in [-0.2, -0.15) is 0 Å². The molecule has 0 saturated heterocycles. The van der Waals surface area contributed by atoms with Gasteiger partial charge in [-0.3, -0.25) is 4.79 Å². The van der Waals surface area contributed by atoms with Crippen molar-refractivity contribution in [2.75, 3.05) is 0 Å². The molecule has 4 nitrogen and oxygen atoms in total. The first-order valence-corrected chi connectivity index (χ1v) is 11.2. The van der Waals surface area contributed by atoms with Gasteiger partial charge in [0.05, 0.1) is 0 Å². The van der Waals surface area contributed by atoms with Crippen LogP contribution in [-0.4, -0.2) is 18.0 Å². The van der Waals surface area contributed by atoms with E-state index >= 15 is 0 Å². The van der Waals surface area contributed by atoms with E-state index in [9.17, 15) is 9.59 Å². The standard InChI is InChI=1S/C23H40O4/c1-4-6-7-8-9-10-11-12-13-14-15-16-17-18-21(24)27-22-19(3)20(5-2)26-23(22)25/h20H,4-18H2,1-3H3. The Morgan fingerprint density at radius 3 is 1.78 bits per heavy atom. The highest BCUT2D eigenvalue weighted by Crippen LogP contribution is 2.25. The normalized spacial score (nSPS) is 16.7. The number of cyclic esters (lactones) is 1. The zero-order chi connectivity index (χ0) is 19.9. The minimum absolute atomic E-state index is 0.113. The zero-order valence-corrected chi connectivity index (χ0v) is 17.8. The summed E-state index contributed by atoms with van der Waals surface area (Å²) in [5.41, 5.74) is 0.737. The molecule has 0 aromatic heterocycles. The number of rotatable bonds is 16. The molecule has 0 radical (unpaired) electrons. The first-order valence-electron chi connectivity index (χ1n) is 11.2. The Morgan fingerprint density at radius 2 is 1.33 bits per heavy atom. The fraction of sp³-hybridized carbons (Fsp3) is 0.826. The van der Waals surface area contributed by atoms with Crippen LogP contribution < -0.4 is 0 Å². The lowest BCUT2D eigenvalue weighted by Gasteiger charge is -2.05. The maximum atomic E-state index is 11.9. The van der Waals surface area contributed by atoms with E-state index in [1.54, 1.807) is 6.92 Å². The van der Waals surface area contributed by atoms with Crippen molar-refractivity contribution in [3.8, 4) is 0 Å². The van der Waals surface area contributed by atoms with Crippen molar-refractivity contribution >= 4 is 11.9 Å². The van der Waals surface area contributed by atoms with Crippen LogP contribution in [0.15, 0.2) is 11.3 Å². The number of esters is 2. The number of hydrogen-bond acceptors (Lipinski definition) is 4. The summed E-state index contributed by atoms with van der Waals surface area (Å²) < 4.78 is 10.4. The van der Waals surface area contributed by atoms with Crippen LogP contribution in [0.3, 0.4) is 0 Å². The maximum absolute atomic E-state index is 11.9. The van der Waals surface area contributed by atoms with E-state index in [-0.39, 0.29) is 17.8 Å². The summed E-state index contributed by atoms with van der Waals surface area (Å²) in [6.07, 6.45) is 17.4. The molecule has 1 unspecified atom stereocenters. The molecule has 0 amide bonds. The first kappa shape index (κ1) is 23.7. The molecule has 4 heteroatoms. The van der Waals surface area contributed by atoms with Crippen LogP contribution in [0.5, 0.6) is 0 Å². The molecule has 0 N–H and O–H groups in total. The highest BCUT2D eigenvalue weighted by molar-refractivity contribution is 5.92. The second-order valence-corrected chi connectivity index (χ2v) is 7.78. The third-order valence-electron chi connectivity index (χ3n) is 5.35. The molecule has 1 rings (SSSR count). The predicted octanol–water partition coefficient (Wildman–Crippen LogP) is 6.62. The number of unbranched alkanes of at least 4 members (excludes halogenated alkanes) is 12. The number of carbonyl (C=O) groups excluding carboxylic acids is 2. The van der Waals surface area contributed by atoms with Crippen LogP contribution >= 0.6 is 0 Å². The minimum Gasteiger partial charge on any atom is -0.452 e. The SMILES string of the molecule is CCCCCCCCCCCCCCCC(=O)OC1=C(C)C(CC)OC1=O. The number of ether oxygens (including phenoxy) is 2. The van der Waals surface area contributed by atoms with Gasteiger partial charge in [-0.15, -0.1) is 0 Å². The fourth-order valence-corrected chi connectivity index (χ4v) is 3.54. The van der Waals surface area contributed by atoms with Gasteiger partial charge in [-0.05, 0) is 19.8 Å². The van der Waals surface area contributed by atoms with Gasteiger partial charge in [-0.25, -0.2) is 4.79 Å². The highest BCUT2D eigenvalue weighted by atomic mass is 16.6. The maximum Gasteiger partial charge on any atom is 0.375 e. The molecule has 1 atom stereocenters. The van der Waals surface area contributed by atoms with E-state index in [0.29, 0.717) is 12.8 Å². The first-order chi connectivity index (χ1) is 13.1. The van der Waals surface area contributed by atoms with Crippen LogP contribution in [0.1, 0.15) is 117 Å². The quantitative estimate of drug-likeness (QED) is 0.223. The molecule has 1 aliphatic heterocycles. The van der Waals surface area contributed by atoms with Gasteiger partial charge in [0.15, 0.2) is 0 Å². The van der Waals surface area contributed by atoms with Crippen LogP contribution in [0.4, 0.5) is 0 Å². The van der Waals surface area contributed by atoms with Crippen molar-refractivity contribution in [1.82, 2.24) is 0 Å². The second kappa shape index (κ2) is 14.7. The zero-order valence-electron chi connectivity index (χ0n) is 17.8. The Labute approximate surface area is 166 Å². The van der Waals surface area contributed by atoms with Crippen molar-refractivity contribution in [2.45, 2.75) is 123 Å². The molecule has 0 fully saturated rings. The highest BCUT2D eigenvalue weighted by Gasteiger charge is 2.33. The lowest BCUT2D eigenvalue weighted by molar-refractivity contribution is -0.150. The second-order valence-electron chi connectivity index (χ2n) is 7.78. The predicted molar refractivity (Wildman–Crippen MR) is 109 cm³/mol.